The molecule has 0 fully saturated rings. The molecule has 1 heterocycles. The number of para-hydroxylation sites is 1. The summed E-state index contributed by atoms with van der Waals surface area (Å²) in [6, 6.07) is 17.8. The van der Waals surface area contributed by atoms with Crippen molar-refractivity contribution in [2.24, 2.45) is 0 Å². The van der Waals surface area contributed by atoms with E-state index in [1.54, 1.807) is 18.4 Å². The van der Waals surface area contributed by atoms with Crippen molar-refractivity contribution in [1.29, 1.82) is 5.26 Å². The van der Waals surface area contributed by atoms with Crippen LogP contribution >= 0.6 is 11.3 Å². The Kier molecular flexibility index (Phi) is 6.37. The van der Waals surface area contributed by atoms with Gasteiger partial charge < -0.3 is 4.74 Å². The van der Waals surface area contributed by atoms with E-state index in [0.29, 0.717) is 12.1 Å². The molecule has 0 spiro atoms. The summed E-state index contributed by atoms with van der Waals surface area (Å²) in [6.07, 6.45) is 1.89. The molecule has 0 saturated heterocycles. The quantitative estimate of drug-likeness (QED) is 0.527. The van der Waals surface area contributed by atoms with Crippen LogP contribution in [0.1, 0.15) is 16.8 Å². The predicted molar refractivity (Wildman–Crippen MR) is 110 cm³/mol. The van der Waals surface area contributed by atoms with Crippen molar-refractivity contribution < 1.29 is 4.74 Å². The maximum absolute atomic E-state index is 9.09. The molecule has 0 unspecified atom stereocenters. The van der Waals surface area contributed by atoms with Crippen LogP contribution in [0.25, 0.3) is 10.6 Å². The third-order valence-corrected chi connectivity index (χ3v) is 5.05. The van der Waals surface area contributed by atoms with Gasteiger partial charge in [-0.25, -0.2) is 4.98 Å². The molecular formula is C22H21N3OS. The second-order valence-electron chi connectivity index (χ2n) is 6.11. The first kappa shape index (κ1) is 18.8. The van der Waals surface area contributed by atoms with E-state index in [4.69, 9.17) is 15.0 Å². The van der Waals surface area contributed by atoms with Crippen molar-refractivity contribution in [3.8, 4) is 22.4 Å². The number of benzene rings is 2. The molecule has 0 aliphatic heterocycles. The van der Waals surface area contributed by atoms with Crippen LogP contribution in [-0.4, -0.2) is 23.5 Å². The molecule has 4 nitrogen and oxygen atoms in total. The first-order valence-electron chi connectivity index (χ1n) is 8.63. The van der Waals surface area contributed by atoms with Crippen molar-refractivity contribution in [2.45, 2.75) is 13.1 Å². The monoisotopic (exact) mass is 375 g/mol. The zero-order chi connectivity index (χ0) is 19.1. The Morgan fingerprint density at radius 3 is 2.85 bits per heavy atom. The topological polar surface area (TPSA) is 49.2 Å². The van der Waals surface area contributed by atoms with Gasteiger partial charge in [0.2, 0.25) is 0 Å². The van der Waals surface area contributed by atoms with Gasteiger partial charge in [-0.3, -0.25) is 4.90 Å². The van der Waals surface area contributed by atoms with Gasteiger partial charge in [0.1, 0.15) is 10.8 Å². The molecule has 1 aromatic heterocycles. The van der Waals surface area contributed by atoms with Crippen LogP contribution in [0.15, 0.2) is 66.6 Å². The Hall–Kier alpha value is -2.94. The van der Waals surface area contributed by atoms with Gasteiger partial charge in [0.05, 0.1) is 30.0 Å². The maximum atomic E-state index is 9.09. The summed E-state index contributed by atoms with van der Waals surface area (Å²) in [5.41, 5.74) is 3.81. The van der Waals surface area contributed by atoms with E-state index in [1.807, 2.05) is 54.6 Å². The van der Waals surface area contributed by atoms with Crippen molar-refractivity contribution >= 4 is 11.3 Å². The van der Waals surface area contributed by atoms with E-state index in [0.717, 1.165) is 40.7 Å². The Bertz CT molecular complexity index is 958. The average molecular weight is 375 g/mol. The lowest BCUT2D eigenvalue weighted by Crippen LogP contribution is -2.23. The highest BCUT2D eigenvalue weighted by Crippen LogP contribution is 2.32. The lowest BCUT2D eigenvalue weighted by Gasteiger charge is -2.19. The highest BCUT2D eigenvalue weighted by molar-refractivity contribution is 7.13. The van der Waals surface area contributed by atoms with Crippen LogP contribution in [-0.2, 0) is 13.1 Å². The summed E-state index contributed by atoms with van der Waals surface area (Å²) in [6.45, 7) is 6.07. The van der Waals surface area contributed by atoms with Gasteiger partial charge in [-0.2, -0.15) is 5.26 Å². The molecule has 0 aliphatic rings. The van der Waals surface area contributed by atoms with Gasteiger partial charge in [-0.05, 0) is 29.8 Å². The van der Waals surface area contributed by atoms with Crippen LogP contribution in [0.4, 0.5) is 0 Å². The summed E-state index contributed by atoms with van der Waals surface area (Å²) < 4.78 is 5.45. The fraction of sp³-hybridized carbons (Fsp3) is 0.182. The number of nitrogens with zero attached hydrogens (tertiary/aromatic N) is 3. The second kappa shape index (κ2) is 9.13. The highest BCUT2D eigenvalue weighted by Gasteiger charge is 2.12. The maximum Gasteiger partial charge on any atom is 0.129 e. The minimum Gasteiger partial charge on any atom is -0.496 e. The Balaban J connectivity index is 1.76. The average Bonchev–Trinajstić information content (AvgIpc) is 3.16. The summed E-state index contributed by atoms with van der Waals surface area (Å²) >= 11 is 1.62. The number of aromatic nitrogens is 1. The van der Waals surface area contributed by atoms with Crippen LogP contribution in [0, 0.1) is 11.3 Å². The van der Waals surface area contributed by atoms with Crippen LogP contribution in [0.5, 0.6) is 5.75 Å². The molecule has 0 radical (unpaired) electrons. The molecule has 0 N–H and O–H groups in total. The lowest BCUT2D eigenvalue weighted by atomic mass is 10.1. The van der Waals surface area contributed by atoms with Gasteiger partial charge in [0, 0.05) is 25.0 Å². The molecule has 0 bridgehead atoms. The minimum absolute atomic E-state index is 0.679. The van der Waals surface area contributed by atoms with Gasteiger partial charge in [0.25, 0.3) is 0 Å². The standard InChI is InChI=1S/C22H21N3OS/c1-3-11-25(14-18-8-6-7-17(12-18)13-23)15-19-16-27-22(24-19)20-9-4-5-10-21(20)26-2/h3-10,12,16H,1,11,14-15H2,2H3. The number of nitriles is 1. The third kappa shape index (κ3) is 4.82. The Labute approximate surface area is 164 Å². The number of methoxy groups -OCH3 is 1. The van der Waals surface area contributed by atoms with Gasteiger partial charge in [-0.1, -0.05) is 30.3 Å². The van der Waals surface area contributed by atoms with Crippen molar-refractivity contribution in [3.05, 3.63) is 83.4 Å². The molecule has 0 aliphatic carbocycles. The first-order valence-corrected chi connectivity index (χ1v) is 9.51. The number of thiazole rings is 1. The van der Waals surface area contributed by atoms with Crippen LogP contribution in [0.3, 0.4) is 0 Å². The summed E-state index contributed by atoms with van der Waals surface area (Å²) in [5.74, 6) is 0.828. The number of hydrogen-bond donors (Lipinski definition) is 0. The van der Waals surface area contributed by atoms with Crippen molar-refractivity contribution in [1.82, 2.24) is 9.88 Å². The normalized spacial score (nSPS) is 10.6. The first-order chi connectivity index (χ1) is 13.2. The molecule has 2 aromatic carbocycles. The SMILES string of the molecule is C=CCN(Cc1cccc(C#N)c1)Cc1csc(-c2ccccc2OC)n1. The van der Waals surface area contributed by atoms with Crippen LogP contribution in [0.2, 0.25) is 0 Å². The van der Waals surface area contributed by atoms with Crippen molar-refractivity contribution in [2.75, 3.05) is 13.7 Å². The fourth-order valence-electron chi connectivity index (χ4n) is 2.92. The smallest absolute Gasteiger partial charge is 0.129 e. The fourth-order valence-corrected chi connectivity index (χ4v) is 3.76. The molecule has 3 rings (SSSR count). The predicted octanol–water partition coefficient (Wildman–Crippen LogP) is 4.88. The highest BCUT2D eigenvalue weighted by atomic mass is 32.1. The molecule has 0 atom stereocenters. The third-order valence-electron chi connectivity index (χ3n) is 4.12. The Morgan fingerprint density at radius 2 is 2.07 bits per heavy atom. The van der Waals surface area contributed by atoms with E-state index < -0.39 is 0 Å². The summed E-state index contributed by atoms with van der Waals surface area (Å²) in [4.78, 5) is 7.05. The van der Waals surface area contributed by atoms with E-state index in [-0.39, 0.29) is 0 Å². The van der Waals surface area contributed by atoms with Crippen LogP contribution < -0.4 is 4.74 Å². The number of hydrogen-bond acceptors (Lipinski definition) is 5. The number of ether oxygens (including phenoxy) is 1. The second-order valence-corrected chi connectivity index (χ2v) is 6.97. The molecule has 0 saturated carbocycles. The van der Waals surface area contributed by atoms with Crippen molar-refractivity contribution in [3.63, 3.8) is 0 Å². The summed E-state index contributed by atoms with van der Waals surface area (Å²) in [7, 11) is 1.68. The van der Waals surface area contributed by atoms with E-state index in [9.17, 15) is 0 Å². The zero-order valence-corrected chi connectivity index (χ0v) is 16.1. The van der Waals surface area contributed by atoms with E-state index in [2.05, 4.69) is 22.9 Å². The zero-order valence-electron chi connectivity index (χ0n) is 15.3. The van der Waals surface area contributed by atoms with E-state index in [1.165, 1.54) is 0 Å². The molecule has 3 aromatic rings. The molecule has 0 amide bonds. The van der Waals surface area contributed by atoms with Gasteiger partial charge in [-0.15, -0.1) is 17.9 Å². The summed E-state index contributed by atoms with van der Waals surface area (Å²) in [5, 5.41) is 12.1. The number of rotatable bonds is 8. The Morgan fingerprint density at radius 1 is 1.22 bits per heavy atom. The van der Waals surface area contributed by atoms with Gasteiger partial charge in [0.15, 0.2) is 0 Å². The minimum atomic E-state index is 0.679. The molecule has 5 heteroatoms. The molecular weight excluding hydrogens is 354 g/mol. The lowest BCUT2D eigenvalue weighted by molar-refractivity contribution is 0.283. The largest absolute Gasteiger partial charge is 0.496 e. The molecule has 27 heavy (non-hydrogen) atoms. The molecule has 136 valence electrons. The van der Waals surface area contributed by atoms with Gasteiger partial charge >= 0.3 is 0 Å². The van der Waals surface area contributed by atoms with E-state index >= 15 is 0 Å².